The highest BCUT2D eigenvalue weighted by Gasteiger charge is 2.35. The quantitative estimate of drug-likeness (QED) is 0.462. The van der Waals surface area contributed by atoms with Gasteiger partial charge in [-0.25, -0.2) is 14.2 Å². The second-order valence-corrected chi connectivity index (χ2v) is 8.06. The Balaban J connectivity index is 1.83. The molecule has 4 rings (SSSR count). The number of aliphatic hydroxyl groups is 1. The number of methoxy groups -OCH3 is 1. The van der Waals surface area contributed by atoms with Crippen LogP contribution in [0, 0.1) is 5.82 Å². The lowest BCUT2D eigenvalue weighted by Crippen LogP contribution is -2.52. The van der Waals surface area contributed by atoms with Gasteiger partial charge in [-0.2, -0.15) is 5.01 Å². The molecule has 1 atom stereocenters. The van der Waals surface area contributed by atoms with E-state index in [1.165, 1.54) is 42.8 Å². The van der Waals surface area contributed by atoms with Gasteiger partial charge in [0.05, 0.1) is 37.4 Å². The zero-order chi connectivity index (χ0) is 22.7. The van der Waals surface area contributed by atoms with E-state index in [1.54, 1.807) is 16.6 Å². The van der Waals surface area contributed by atoms with Crippen molar-refractivity contribution in [3.8, 4) is 0 Å². The molecule has 1 fully saturated rings. The average molecular weight is 480 g/mol. The summed E-state index contributed by atoms with van der Waals surface area (Å²) in [4.78, 5) is 21.9. The summed E-state index contributed by atoms with van der Waals surface area (Å²) in [5, 5.41) is 18.6. The van der Waals surface area contributed by atoms with Crippen LogP contribution in [-0.4, -0.2) is 59.0 Å². The monoisotopic (exact) mass is 479 g/mol. The largest absolute Gasteiger partial charge is 0.514 e. The number of ether oxygens (including phenoxy) is 2. The molecule has 0 radical (unpaired) electrons. The van der Waals surface area contributed by atoms with Crippen molar-refractivity contribution in [2.45, 2.75) is 6.04 Å². The maximum absolute atomic E-state index is 13.7. The first-order valence-corrected chi connectivity index (χ1v) is 10.7. The predicted octanol–water partition coefficient (Wildman–Crippen LogP) is 2.95. The molecule has 32 heavy (non-hydrogen) atoms. The molecule has 0 aliphatic carbocycles. The summed E-state index contributed by atoms with van der Waals surface area (Å²) < 4.78 is 23.9. The van der Waals surface area contributed by atoms with E-state index >= 15 is 0 Å². The topological polar surface area (TPSA) is 99.5 Å². The van der Waals surface area contributed by atoms with E-state index in [1.807, 2.05) is 5.01 Å². The van der Waals surface area contributed by atoms with Crippen molar-refractivity contribution in [2.24, 2.45) is 4.99 Å². The van der Waals surface area contributed by atoms with Crippen LogP contribution in [0.3, 0.4) is 0 Å². The molecule has 9 nitrogen and oxygen atoms in total. The van der Waals surface area contributed by atoms with Crippen molar-refractivity contribution in [2.75, 3.05) is 27.1 Å². The second kappa shape index (κ2) is 9.65. The van der Waals surface area contributed by atoms with Gasteiger partial charge in [0.2, 0.25) is 0 Å². The maximum atomic E-state index is 13.7. The zero-order valence-electron chi connectivity index (χ0n) is 16.9. The molecule has 1 aromatic carbocycles. The standard InChI is InChI=1S/C20H19ClFN5O4S/c1-30-20(29)16-15(9-26(5-6-28)27-10-31-11-27)24-18(19-23-4-7-32-19)25-17(16)13-3-2-12(22)8-14(13)21/h2-8,17,28H,9-11H2,1H3,(H,24,25)/b6-5-/t17-/m0/s1. The maximum Gasteiger partial charge on any atom is 0.338 e. The molecule has 0 saturated carbocycles. The van der Waals surface area contributed by atoms with Crippen LogP contribution in [0.15, 0.2) is 58.5 Å². The highest BCUT2D eigenvalue weighted by atomic mass is 35.5. The molecule has 3 heterocycles. The number of aliphatic imine (C=N–C) groups is 1. The Morgan fingerprint density at radius 2 is 2.34 bits per heavy atom. The molecule has 12 heteroatoms. The lowest BCUT2D eigenvalue weighted by molar-refractivity contribution is -0.231. The van der Waals surface area contributed by atoms with Gasteiger partial charge in [-0.3, -0.25) is 10.0 Å². The van der Waals surface area contributed by atoms with Gasteiger partial charge in [0, 0.05) is 22.2 Å². The van der Waals surface area contributed by atoms with E-state index in [-0.39, 0.29) is 17.1 Å². The van der Waals surface area contributed by atoms with E-state index < -0.39 is 17.8 Å². The molecular weight excluding hydrogens is 461 g/mol. The number of nitrogens with zero attached hydrogens (tertiary/aromatic N) is 4. The number of halogens is 2. The summed E-state index contributed by atoms with van der Waals surface area (Å²) in [6.45, 7) is 0.808. The lowest BCUT2D eigenvalue weighted by Gasteiger charge is -2.40. The minimum atomic E-state index is -0.863. The Morgan fingerprint density at radius 1 is 1.53 bits per heavy atom. The van der Waals surface area contributed by atoms with E-state index in [2.05, 4.69) is 15.3 Å². The van der Waals surface area contributed by atoms with E-state index in [9.17, 15) is 14.3 Å². The number of aliphatic hydroxyl groups excluding tert-OH is 1. The number of rotatable bonds is 7. The highest BCUT2D eigenvalue weighted by Crippen LogP contribution is 2.37. The number of carbonyl (C=O) groups excluding carboxylic acids is 1. The van der Waals surface area contributed by atoms with Crippen LogP contribution in [0.5, 0.6) is 0 Å². The molecule has 168 valence electrons. The Labute approximate surface area is 192 Å². The van der Waals surface area contributed by atoms with Gasteiger partial charge in [-0.05, 0) is 12.1 Å². The number of aromatic nitrogens is 1. The Bertz CT molecular complexity index is 1090. The van der Waals surface area contributed by atoms with Gasteiger partial charge in [0.25, 0.3) is 0 Å². The molecule has 2 N–H and O–H groups in total. The third-order valence-corrected chi connectivity index (χ3v) is 5.93. The number of hydrogen-bond acceptors (Lipinski definition) is 10. The lowest BCUT2D eigenvalue weighted by atomic mass is 9.95. The van der Waals surface area contributed by atoms with Crippen LogP contribution < -0.4 is 5.32 Å². The molecular formula is C20H19ClFN5O4S. The fraction of sp³-hybridized carbons (Fsp3) is 0.250. The van der Waals surface area contributed by atoms with Gasteiger partial charge >= 0.3 is 5.97 Å². The molecule has 0 bridgehead atoms. The van der Waals surface area contributed by atoms with Crippen LogP contribution >= 0.6 is 22.9 Å². The minimum Gasteiger partial charge on any atom is -0.514 e. The normalized spacial score (nSPS) is 18.8. The molecule has 0 amide bonds. The van der Waals surface area contributed by atoms with Crippen molar-refractivity contribution in [3.05, 3.63) is 74.9 Å². The number of benzene rings is 1. The summed E-state index contributed by atoms with van der Waals surface area (Å²) >= 11 is 7.70. The highest BCUT2D eigenvalue weighted by molar-refractivity contribution is 7.11. The van der Waals surface area contributed by atoms with Gasteiger partial charge in [0.1, 0.15) is 25.3 Å². The van der Waals surface area contributed by atoms with Crippen molar-refractivity contribution in [1.82, 2.24) is 20.3 Å². The summed E-state index contributed by atoms with van der Waals surface area (Å²) in [5.74, 6) is -0.689. The van der Waals surface area contributed by atoms with Gasteiger partial charge < -0.3 is 19.9 Å². The Kier molecular flexibility index (Phi) is 6.70. The van der Waals surface area contributed by atoms with Crippen LogP contribution in [0.1, 0.15) is 16.6 Å². The fourth-order valence-corrected chi connectivity index (χ4v) is 4.13. The van der Waals surface area contributed by atoms with E-state index in [4.69, 9.17) is 21.1 Å². The number of hydrazine groups is 1. The molecule has 1 saturated heterocycles. The van der Waals surface area contributed by atoms with Crippen LogP contribution in [0.4, 0.5) is 4.39 Å². The zero-order valence-corrected chi connectivity index (χ0v) is 18.4. The number of nitrogens with one attached hydrogen (secondary N) is 1. The van der Waals surface area contributed by atoms with Crippen molar-refractivity contribution < 1.29 is 23.8 Å². The average Bonchev–Trinajstić information content (AvgIpc) is 3.26. The van der Waals surface area contributed by atoms with Crippen molar-refractivity contribution in [3.63, 3.8) is 0 Å². The number of amidine groups is 1. The van der Waals surface area contributed by atoms with E-state index in [0.717, 1.165) is 6.26 Å². The molecule has 1 aromatic heterocycles. The van der Waals surface area contributed by atoms with Gasteiger partial charge in [-0.1, -0.05) is 17.7 Å². The van der Waals surface area contributed by atoms with Gasteiger partial charge in [0.15, 0.2) is 10.8 Å². The third-order valence-electron chi connectivity index (χ3n) is 4.83. The first kappa shape index (κ1) is 22.2. The predicted molar refractivity (Wildman–Crippen MR) is 116 cm³/mol. The van der Waals surface area contributed by atoms with E-state index in [0.29, 0.717) is 35.6 Å². The molecule has 0 unspecified atom stereocenters. The Morgan fingerprint density at radius 3 is 2.94 bits per heavy atom. The van der Waals surface area contributed by atoms with Crippen LogP contribution in [-0.2, 0) is 14.3 Å². The summed E-state index contributed by atoms with van der Waals surface area (Å²) in [6.07, 6.45) is 3.98. The van der Waals surface area contributed by atoms with Crippen molar-refractivity contribution >= 4 is 34.7 Å². The molecule has 2 aromatic rings. The van der Waals surface area contributed by atoms with Crippen molar-refractivity contribution in [1.29, 1.82) is 0 Å². The summed E-state index contributed by atoms with van der Waals surface area (Å²) in [5.41, 5.74) is 1.12. The Hall–Kier alpha value is -2.99. The fourth-order valence-electron chi connectivity index (χ4n) is 3.28. The number of carbonyl (C=O) groups is 1. The van der Waals surface area contributed by atoms with Crippen LogP contribution in [0.25, 0.3) is 0 Å². The number of thiazole rings is 1. The SMILES string of the molecule is COC(=O)C1=C(CN(/C=C\O)N2COC2)NC(c2nccs2)=N[C@H]1c1ccc(F)cc1Cl. The summed E-state index contributed by atoms with van der Waals surface area (Å²) in [6, 6.07) is 3.06. The third kappa shape index (κ3) is 4.46. The number of esters is 1. The first-order chi connectivity index (χ1) is 15.5. The molecule has 2 aliphatic rings. The van der Waals surface area contributed by atoms with Crippen LogP contribution in [0.2, 0.25) is 5.02 Å². The number of hydrogen-bond donors (Lipinski definition) is 2. The van der Waals surface area contributed by atoms with Gasteiger partial charge in [-0.15, -0.1) is 11.3 Å². The molecule has 2 aliphatic heterocycles. The summed E-state index contributed by atoms with van der Waals surface area (Å²) in [7, 11) is 1.27. The smallest absolute Gasteiger partial charge is 0.338 e. The second-order valence-electron chi connectivity index (χ2n) is 6.76. The minimum absolute atomic E-state index is 0.128. The molecule has 0 spiro atoms. The first-order valence-electron chi connectivity index (χ1n) is 9.43.